The van der Waals surface area contributed by atoms with Crippen molar-refractivity contribution in [3.63, 3.8) is 0 Å². The maximum absolute atomic E-state index is 12.0. The molecule has 1 amide bonds. The lowest BCUT2D eigenvalue weighted by Crippen LogP contribution is -2.31. The van der Waals surface area contributed by atoms with Crippen LogP contribution in [0.15, 0.2) is 42.5 Å². The van der Waals surface area contributed by atoms with Crippen molar-refractivity contribution in [3.05, 3.63) is 64.7 Å². The van der Waals surface area contributed by atoms with Crippen LogP contribution in [0.25, 0.3) is 0 Å². The second-order valence-corrected chi connectivity index (χ2v) is 5.73. The highest BCUT2D eigenvalue weighted by atomic mass is 16.5. The molecule has 3 nitrogen and oxygen atoms in total. The van der Waals surface area contributed by atoms with Gasteiger partial charge < -0.3 is 10.1 Å². The molecule has 0 unspecified atom stereocenters. The third-order valence-corrected chi connectivity index (χ3v) is 3.80. The number of amides is 1. The first-order valence-electron chi connectivity index (χ1n) is 7.51. The quantitative estimate of drug-likeness (QED) is 0.910. The van der Waals surface area contributed by atoms with Gasteiger partial charge in [0, 0.05) is 0 Å². The Balaban J connectivity index is 1.88. The van der Waals surface area contributed by atoms with E-state index >= 15 is 0 Å². The number of nitrogens with one attached hydrogen (secondary N) is 1. The van der Waals surface area contributed by atoms with Crippen molar-refractivity contribution in [1.29, 1.82) is 0 Å². The largest absolute Gasteiger partial charge is 0.484 e. The summed E-state index contributed by atoms with van der Waals surface area (Å²) >= 11 is 0. The number of benzene rings is 2. The van der Waals surface area contributed by atoms with E-state index in [0.717, 1.165) is 5.56 Å². The lowest BCUT2D eigenvalue weighted by molar-refractivity contribution is -0.123. The Bertz CT molecular complexity index is 647. The molecule has 2 aromatic carbocycles. The SMILES string of the molecule is Cc1ccc(OCC(=O)N[C@@H](C)c2ccc(C)c(C)c2)cc1. The first-order valence-corrected chi connectivity index (χ1v) is 7.51. The molecule has 0 heterocycles. The number of aryl methyl sites for hydroxylation is 3. The van der Waals surface area contributed by atoms with Crippen LogP contribution in [0.3, 0.4) is 0 Å². The molecule has 0 aromatic heterocycles. The van der Waals surface area contributed by atoms with E-state index in [1.165, 1.54) is 16.7 Å². The Morgan fingerprint density at radius 1 is 1.05 bits per heavy atom. The monoisotopic (exact) mass is 297 g/mol. The number of hydrogen-bond donors (Lipinski definition) is 1. The molecule has 0 saturated carbocycles. The fourth-order valence-electron chi connectivity index (χ4n) is 2.18. The number of carbonyl (C=O) groups is 1. The molecule has 3 heteroatoms. The molecule has 0 saturated heterocycles. The summed E-state index contributed by atoms with van der Waals surface area (Å²) in [5, 5.41) is 2.96. The summed E-state index contributed by atoms with van der Waals surface area (Å²) in [5.74, 6) is 0.589. The van der Waals surface area contributed by atoms with E-state index in [2.05, 4.69) is 31.3 Å². The van der Waals surface area contributed by atoms with Crippen molar-refractivity contribution in [1.82, 2.24) is 5.32 Å². The van der Waals surface area contributed by atoms with Crippen molar-refractivity contribution in [3.8, 4) is 5.75 Å². The average molecular weight is 297 g/mol. The first kappa shape index (κ1) is 16.1. The predicted molar refractivity (Wildman–Crippen MR) is 89.1 cm³/mol. The van der Waals surface area contributed by atoms with Crippen LogP contribution in [0.5, 0.6) is 5.75 Å². The van der Waals surface area contributed by atoms with Gasteiger partial charge in [-0.15, -0.1) is 0 Å². The summed E-state index contributed by atoms with van der Waals surface area (Å²) in [6.45, 7) is 8.18. The Morgan fingerprint density at radius 2 is 1.73 bits per heavy atom. The van der Waals surface area contributed by atoms with Crippen LogP contribution in [-0.2, 0) is 4.79 Å². The zero-order valence-electron chi connectivity index (χ0n) is 13.6. The third kappa shape index (κ3) is 4.35. The Labute approximate surface area is 132 Å². The van der Waals surface area contributed by atoms with E-state index in [1.54, 1.807) is 0 Å². The standard InChI is InChI=1S/C19H23NO2/c1-13-5-9-18(10-6-13)22-12-19(21)20-16(4)17-8-7-14(2)15(3)11-17/h5-11,16H,12H2,1-4H3,(H,20,21)/t16-/m0/s1. The van der Waals surface area contributed by atoms with Crippen LogP contribution in [0.1, 0.15) is 35.2 Å². The zero-order chi connectivity index (χ0) is 16.1. The summed E-state index contributed by atoms with van der Waals surface area (Å²) in [6.07, 6.45) is 0. The third-order valence-electron chi connectivity index (χ3n) is 3.80. The van der Waals surface area contributed by atoms with E-state index in [-0.39, 0.29) is 18.6 Å². The molecular weight excluding hydrogens is 274 g/mol. The molecule has 0 aliphatic rings. The molecule has 0 radical (unpaired) electrons. The van der Waals surface area contributed by atoms with Gasteiger partial charge in [0.15, 0.2) is 6.61 Å². The fraction of sp³-hybridized carbons (Fsp3) is 0.316. The molecule has 2 aromatic rings. The molecule has 22 heavy (non-hydrogen) atoms. The van der Waals surface area contributed by atoms with Crippen molar-refractivity contribution in [2.24, 2.45) is 0 Å². The second-order valence-electron chi connectivity index (χ2n) is 5.73. The van der Waals surface area contributed by atoms with Crippen molar-refractivity contribution < 1.29 is 9.53 Å². The first-order chi connectivity index (χ1) is 10.5. The van der Waals surface area contributed by atoms with Crippen LogP contribution in [0.4, 0.5) is 0 Å². The van der Waals surface area contributed by atoms with Gasteiger partial charge >= 0.3 is 0 Å². The van der Waals surface area contributed by atoms with Gasteiger partial charge in [-0.2, -0.15) is 0 Å². The van der Waals surface area contributed by atoms with Crippen LogP contribution in [0.2, 0.25) is 0 Å². The van der Waals surface area contributed by atoms with Gasteiger partial charge in [-0.1, -0.05) is 35.9 Å². The highest BCUT2D eigenvalue weighted by Gasteiger charge is 2.10. The molecule has 2 rings (SSSR count). The Morgan fingerprint density at radius 3 is 2.36 bits per heavy atom. The highest BCUT2D eigenvalue weighted by molar-refractivity contribution is 5.78. The van der Waals surface area contributed by atoms with Gasteiger partial charge in [-0.25, -0.2) is 0 Å². The van der Waals surface area contributed by atoms with E-state index in [4.69, 9.17) is 4.74 Å². The average Bonchev–Trinajstić information content (AvgIpc) is 2.49. The minimum Gasteiger partial charge on any atom is -0.484 e. The van der Waals surface area contributed by atoms with Gasteiger partial charge in [-0.05, 0) is 56.5 Å². The normalized spacial score (nSPS) is 11.8. The minimum absolute atomic E-state index is 0.0260. The summed E-state index contributed by atoms with van der Waals surface area (Å²) in [6, 6.07) is 13.9. The van der Waals surface area contributed by atoms with E-state index in [9.17, 15) is 4.79 Å². The van der Waals surface area contributed by atoms with Gasteiger partial charge in [-0.3, -0.25) is 4.79 Å². The number of rotatable bonds is 5. The summed E-state index contributed by atoms with van der Waals surface area (Å²) < 4.78 is 5.49. The maximum Gasteiger partial charge on any atom is 0.258 e. The number of ether oxygens (including phenoxy) is 1. The molecule has 0 aliphatic carbocycles. The highest BCUT2D eigenvalue weighted by Crippen LogP contribution is 2.17. The maximum atomic E-state index is 12.0. The van der Waals surface area contributed by atoms with Crippen molar-refractivity contribution in [2.45, 2.75) is 33.7 Å². The van der Waals surface area contributed by atoms with Gasteiger partial charge in [0.2, 0.25) is 0 Å². The molecule has 1 atom stereocenters. The summed E-state index contributed by atoms with van der Waals surface area (Å²) in [4.78, 5) is 12.0. The topological polar surface area (TPSA) is 38.3 Å². The van der Waals surface area contributed by atoms with Gasteiger partial charge in [0.05, 0.1) is 6.04 Å². The predicted octanol–water partition coefficient (Wildman–Crippen LogP) is 3.87. The van der Waals surface area contributed by atoms with E-state index in [0.29, 0.717) is 5.75 Å². The zero-order valence-corrected chi connectivity index (χ0v) is 13.6. The number of hydrogen-bond acceptors (Lipinski definition) is 2. The molecule has 0 aliphatic heterocycles. The van der Waals surface area contributed by atoms with E-state index in [1.807, 2.05) is 44.2 Å². The lowest BCUT2D eigenvalue weighted by atomic mass is 10.0. The molecular formula is C19H23NO2. The van der Waals surface area contributed by atoms with Crippen molar-refractivity contribution in [2.75, 3.05) is 6.61 Å². The van der Waals surface area contributed by atoms with Gasteiger partial charge in [0.1, 0.15) is 5.75 Å². The van der Waals surface area contributed by atoms with Crippen LogP contribution < -0.4 is 10.1 Å². The molecule has 0 fully saturated rings. The number of carbonyl (C=O) groups excluding carboxylic acids is 1. The molecule has 116 valence electrons. The second kappa shape index (κ2) is 7.12. The summed E-state index contributed by atoms with van der Waals surface area (Å²) in [5.41, 5.74) is 4.76. The van der Waals surface area contributed by atoms with Crippen LogP contribution in [-0.4, -0.2) is 12.5 Å². The lowest BCUT2D eigenvalue weighted by Gasteiger charge is -2.16. The molecule has 1 N–H and O–H groups in total. The smallest absolute Gasteiger partial charge is 0.258 e. The van der Waals surface area contributed by atoms with Crippen LogP contribution in [0, 0.1) is 20.8 Å². The Hall–Kier alpha value is -2.29. The fourth-order valence-corrected chi connectivity index (χ4v) is 2.18. The van der Waals surface area contributed by atoms with Crippen molar-refractivity contribution >= 4 is 5.91 Å². The van der Waals surface area contributed by atoms with Gasteiger partial charge in [0.25, 0.3) is 5.91 Å². The minimum atomic E-state index is -0.119. The molecule has 0 spiro atoms. The van der Waals surface area contributed by atoms with Crippen LogP contribution >= 0.6 is 0 Å². The Kier molecular flexibility index (Phi) is 5.21. The summed E-state index contributed by atoms with van der Waals surface area (Å²) in [7, 11) is 0. The van der Waals surface area contributed by atoms with E-state index < -0.39 is 0 Å². The molecule has 0 bridgehead atoms.